The molecule has 0 amide bonds. The van der Waals surface area contributed by atoms with Gasteiger partial charge in [-0.05, 0) is 25.0 Å². The third-order valence-electron chi connectivity index (χ3n) is 3.79. The number of carbonyl (C=O) groups is 1. The van der Waals surface area contributed by atoms with E-state index in [1.54, 1.807) is 6.07 Å². The van der Waals surface area contributed by atoms with Crippen molar-refractivity contribution in [2.45, 2.75) is 32.1 Å². The van der Waals surface area contributed by atoms with Crippen LogP contribution in [0, 0.1) is 5.92 Å². The molecule has 1 aliphatic heterocycles. The van der Waals surface area contributed by atoms with E-state index in [2.05, 4.69) is 0 Å². The maximum Gasteiger partial charge on any atom is 0.231 e. The molecule has 3 rings (SSSR count). The molecule has 0 atom stereocenters. The van der Waals surface area contributed by atoms with Crippen LogP contribution in [0.4, 0.5) is 0 Å². The first kappa shape index (κ1) is 12.3. The Balaban J connectivity index is 1.55. The molecule has 102 valence electrons. The number of Topliss-reactive ketones (excluding diaryl/α,β-unsaturated/α-hetero) is 1. The molecule has 1 aromatic carbocycles. The van der Waals surface area contributed by atoms with Gasteiger partial charge >= 0.3 is 0 Å². The number of hydrogen-bond donors (Lipinski definition) is 0. The van der Waals surface area contributed by atoms with Crippen LogP contribution in [-0.4, -0.2) is 19.2 Å². The van der Waals surface area contributed by atoms with E-state index in [1.807, 2.05) is 12.1 Å². The van der Waals surface area contributed by atoms with Gasteiger partial charge in [0.05, 0.1) is 0 Å². The van der Waals surface area contributed by atoms with Crippen molar-refractivity contribution in [1.82, 2.24) is 0 Å². The maximum atomic E-state index is 12.0. The SMILES string of the molecule is O=C(COc1ccc2c(c1)OCO2)C1CCCCC1. The second kappa shape index (κ2) is 5.51. The topological polar surface area (TPSA) is 44.8 Å². The average molecular weight is 262 g/mol. The molecule has 2 aliphatic rings. The Hall–Kier alpha value is -1.71. The van der Waals surface area contributed by atoms with Crippen molar-refractivity contribution in [2.75, 3.05) is 13.4 Å². The Bertz CT molecular complexity index is 463. The van der Waals surface area contributed by atoms with Gasteiger partial charge < -0.3 is 14.2 Å². The van der Waals surface area contributed by atoms with Crippen molar-refractivity contribution in [3.05, 3.63) is 18.2 Å². The standard InChI is InChI=1S/C15H18O4/c16-13(11-4-2-1-3-5-11)9-17-12-6-7-14-15(8-12)19-10-18-14/h6-8,11H,1-5,9-10H2. The van der Waals surface area contributed by atoms with E-state index in [4.69, 9.17) is 14.2 Å². The molecule has 1 fully saturated rings. The summed E-state index contributed by atoms with van der Waals surface area (Å²) < 4.78 is 16.1. The van der Waals surface area contributed by atoms with Gasteiger partial charge in [-0.25, -0.2) is 0 Å². The van der Waals surface area contributed by atoms with Gasteiger partial charge in [0.1, 0.15) is 12.4 Å². The Morgan fingerprint density at radius 1 is 1.16 bits per heavy atom. The molecule has 1 aliphatic carbocycles. The zero-order chi connectivity index (χ0) is 13.1. The summed E-state index contributed by atoms with van der Waals surface area (Å²) in [5.74, 6) is 2.49. The lowest BCUT2D eigenvalue weighted by Gasteiger charge is -2.20. The number of rotatable bonds is 4. The number of ether oxygens (including phenoxy) is 3. The third-order valence-corrected chi connectivity index (χ3v) is 3.79. The van der Waals surface area contributed by atoms with Crippen LogP contribution in [-0.2, 0) is 4.79 Å². The summed E-state index contributed by atoms with van der Waals surface area (Å²) in [4.78, 5) is 12.0. The normalized spacial score (nSPS) is 18.3. The highest BCUT2D eigenvalue weighted by Crippen LogP contribution is 2.35. The first-order valence-electron chi connectivity index (χ1n) is 6.88. The van der Waals surface area contributed by atoms with Gasteiger partial charge in [-0.15, -0.1) is 0 Å². The summed E-state index contributed by atoms with van der Waals surface area (Å²) in [5, 5.41) is 0. The van der Waals surface area contributed by atoms with Crippen LogP contribution in [0.5, 0.6) is 17.2 Å². The number of ketones is 1. The summed E-state index contributed by atoms with van der Waals surface area (Å²) in [6.45, 7) is 0.407. The quantitative estimate of drug-likeness (QED) is 0.837. The Morgan fingerprint density at radius 3 is 2.79 bits per heavy atom. The van der Waals surface area contributed by atoms with Gasteiger partial charge in [0.15, 0.2) is 17.3 Å². The van der Waals surface area contributed by atoms with Crippen LogP contribution in [0.25, 0.3) is 0 Å². The lowest BCUT2D eigenvalue weighted by Crippen LogP contribution is -2.23. The fourth-order valence-corrected chi connectivity index (χ4v) is 2.66. The Labute approximate surface area is 112 Å². The molecule has 0 N–H and O–H groups in total. The van der Waals surface area contributed by atoms with Gasteiger partial charge in [0.2, 0.25) is 6.79 Å². The Morgan fingerprint density at radius 2 is 1.95 bits per heavy atom. The fraction of sp³-hybridized carbons (Fsp3) is 0.533. The lowest BCUT2D eigenvalue weighted by atomic mass is 9.86. The van der Waals surface area contributed by atoms with Crippen molar-refractivity contribution in [2.24, 2.45) is 5.92 Å². The van der Waals surface area contributed by atoms with Crippen LogP contribution >= 0.6 is 0 Å². The molecule has 1 saturated carbocycles. The van der Waals surface area contributed by atoms with E-state index >= 15 is 0 Å². The summed E-state index contributed by atoms with van der Waals surface area (Å²) in [5.41, 5.74) is 0. The summed E-state index contributed by atoms with van der Waals surface area (Å²) in [6.07, 6.45) is 5.63. The minimum atomic E-state index is 0.157. The summed E-state index contributed by atoms with van der Waals surface area (Å²) >= 11 is 0. The van der Waals surface area contributed by atoms with Crippen molar-refractivity contribution >= 4 is 5.78 Å². The number of carbonyl (C=O) groups excluding carboxylic acids is 1. The summed E-state index contributed by atoms with van der Waals surface area (Å²) in [7, 11) is 0. The van der Waals surface area contributed by atoms with Crippen LogP contribution in [0.15, 0.2) is 18.2 Å². The minimum absolute atomic E-state index is 0.157. The maximum absolute atomic E-state index is 12.0. The fourth-order valence-electron chi connectivity index (χ4n) is 2.66. The van der Waals surface area contributed by atoms with Crippen molar-refractivity contribution in [3.8, 4) is 17.2 Å². The smallest absolute Gasteiger partial charge is 0.231 e. The zero-order valence-electron chi connectivity index (χ0n) is 10.9. The van der Waals surface area contributed by atoms with E-state index in [1.165, 1.54) is 19.3 Å². The monoisotopic (exact) mass is 262 g/mol. The average Bonchev–Trinajstić information content (AvgIpc) is 2.93. The molecule has 4 heteroatoms. The highest BCUT2D eigenvalue weighted by atomic mass is 16.7. The van der Waals surface area contributed by atoms with E-state index in [0.29, 0.717) is 11.5 Å². The first-order valence-corrected chi connectivity index (χ1v) is 6.88. The molecule has 4 nitrogen and oxygen atoms in total. The van der Waals surface area contributed by atoms with Gasteiger partial charge in [-0.3, -0.25) is 4.79 Å². The molecular formula is C15H18O4. The molecular weight excluding hydrogens is 244 g/mol. The highest BCUT2D eigenvalue weighted by Gasteiger charge is 2.21. The van der Waals surface area contributed by atoms with E-state index < -0.39 is 0 Å². The van der Waals surface area contributed by atoms with Gasteiger partial charge in [-0.1, -0.05) is 19.3 Å². The van der Waals surface area contributed by atoms with Crippen LogP contribution in [0.2, 0.25) is 0 Å². The number of benzene rings is 1. The van der Waals surface area contributed by atoms with Gasteiger partial charge in [0, 0.05) is 12.0 Å². The number of hydrogen-bond acceptors (Lipinski definition) is 4. The van der Waals surface area contributed by atoms with E-state index in [-0.39, 0.29) is 25.1 Å². The van der Waals surface area contributed by atoms with E-state index in [0.717, 1.165) is 18.6 Å². The predicted molar refractivity (Wildman–Crippen MR) is 69.6 cm³/mol. The van der Waals surface area contributed by atoms with Crippen molar-refractivity contribution in [1.29, 1.82) is 0 Å². The molecule has 0 unspecified atom stereocenters. The zero-order valence-corrected chi connectivity index (χ0v) is 10.9. The minimum Gasteiger partial charge on any atom is -0.486 e. The van der Waals surface area contributed by atoms with Gasteiger partial charge in [0.25, 0.3) is 0 Å². The number of fused-ring (bicyclic) bond motifs is 1. The molecule has 0 aromatic heterocycles. The van der Waals surface area contributed by atoms with Crippen LogP contribution in [0.3, 0.4) is 0 Å². The largest absolute Gasteiger partial charge is 0.486 e. The van der Waals surface area contributed by atoms with Gasteiger partial charge in [-0.2, -0.15) is 0 Å². The second-order valence-corrected chi connectivity index (χ2v) is 5.10. The third kappa shape index (κ3) is 2.83. The van der Waals surface area contributed by atoms with Crippen molar-refractivity contribution in [3.63, 3.8) is 0 Å². The molecule has 0 bridgehead atoms. The van der Waals surface area contributed by atoms with Crippen LogP contribution < -0.4 is 14.2 Å². The van der Waals surface area contributed by atoms with Crippen LogP contribution in [0.1, 0.15) is 32.1 Å². The molecule has 0 spiro atoms. The first-order chi connectivity index (χ1) is 9.33. The molecule has 0 radical (unpaired) electrons. The highest BCUT2D eigenvalue weighted by molar-refractivity contribution is 5.82. The van der Waals surface area contributed by atoms with E-state index in [9.17, 15) is 4.79 Å². The molecule has 19 heavy (non-hydrogen) atoms. The molecule has 0 saturated heterocycles. The molecule has 1 heterocycles. The lowest BCUT2D eigenvalue weighted by molar-refractivity contribution is -0.125. The Kier molecular flexibility index (Phi) is 3.58. The summed E-state index contributed by atoms with van der Waals surface area (Å²) in [6, 6.07) is 5.39. The second-order valence-electron chi connectivity index (χ2n) is 5.10. The molecule has 1 aromatic rings. The van der Waals surface area contributed by atoms with Crippen molar-refractivity contribution < 1.29 is 19.0 Å². The predicted octanol–water partition coefficient (Wildman–Crippen LogP) is 2.94.